The Kier molecular flexibility index (Phi) is 7.50. The zero-order valence-electron chi connectivity index (χ0n) is 18.2. The second-order valence-electron chi connectivity index (χ2n) is 8.69. The summed E-state index contributed by atoms with van der Waals surface area (Å²) in [6.07, 6.45) is 2.53. The first-order valence-corrected chi connectivity index (χ1v) is 10.9. The van der Waals surface area contributed by atoms with Gasteiger partial charge in [-0.3, -0.25) is 4.79 Å². The van der Waals surface area contributed by atoms with Crippen molar-refractivity contribution in [3.05, 3.63) is 65.7 Å². The monoisotopic (exact) mass is 407 g/mol. The fourth-order valence-corrected chi connectivity index (χ4v) is 4.03. The summed E-state index contributed by atoms with van der Waals surface area (Å²) in [7, 11) is 0. The van der Waals surface area contributed by atoms with Crippen molar-refractivity contribution in [2.75, 3.05) is 18.4 Å². The van der Waals surface area contributed by atoms with Crippen LogP contribution in [0.2, 0.25) is 0 Å². The van der Waals surface area contributed by atoms with Crippen LogP contribution in [0.15, 0.2) is 54.6 Å². The van der Waals surface area contributed by atoms with Gasteiger partial charge in [0.1, 0.15) is 0 Å². The highest BCUT2D eigenvalue weighted by Crippen LogP contribution is 2.24. The Morgan fingerprint density at radius 2 is 1.87 bits per heavy atom. The van der Waals surface area contributed by atoms with Crippen molar-refractivity contribution in [3.8, 4) is 0 Å². The molecule has 3 rings (SSSR count). The third-order valence-corrected chi connectivity index (χ3v) is 5.57. The van der Waals surface area contributed by atoms with Gasteiger partial charge in [-0.1, -0.05) is 56.3 Å². The Morgan fingerprint density at radius 1 is 1.10 bits per heavy atom. The number of benzene rings is 2. The molecule has 0 radical (unpaired) electrons. The first-order valence-electron chi connectivity index (χ1n) is 10.9. The van der Waals surface area contributed by atoms with Gasteiger partial charge in [0.2, 0.25) is 5.91 Å². The van der Waals surface area contributed by atoms with E-state index < -0.39 is 0 Å². The fraction of sp³-hybridized carbons (Fsp3) is 0.440. The number of likely N-dealkylation sites (tertiary alicyclic amines) is 1. The lowest BCUT2D eigenvalue weighted by Crippen LogP contribution is -2.47. The number of urea groups is 1. The molecule has 1 heterocycles. The van der Waals surface area contributed by atoms with Crippen molar-refractivity contribution in [3.63, 3.8) is 0 Å². The number of nitrogens with zero attached hydrogens (tertiary/aromatic N) is 1. The number of amides is 3. The molecule has 0 saturated carbocycles. The maximum Gasteiger partial charge on any atom is 0.321 e. The lowest BCUT2D eigenvalue weighted by atomic mass is 9.93. The van der Waals surface area contributed by atoms with E-state index in [-0.39, 0.29) is 23.9 Å². The van der Waals surface area contributed by atoms with Crippen LogP contribution >= 0.6 is 0 Å². The van der Waals surface area contributed by atoms with Crippen LogP contribution in [-0.2, 0) is 4.79 Å². The van der Waals surface area contributed by atoms with Crippen LogP contribution in [0.25, 0.3) is 0 Å². The van der Waals surface area contributed by atoms with E-state index in [1.807, 2.05) is 49.4 Å². The average Bonchev–Trinajstić information content (AvgIpc) is 2.73. The molecule has 1 fully saturated rings. The largest absolute Gasteiger partial charge is 0.349 e. The van der Waals surface area contributed by atoms with Gasteiger partial charge in [0.05, 0.1) is 12.0 Å². The van der Waals surface area contributed by atoms with Crippen molar-refractivity contribution < 1.29 is 9.59 Å². The predicted molar refractivity (Wildman–Crippen MR) is 121 cm³/mol. The number of rotatable bonds is 6. The SMILES string of the molecule is Cc1cccc(NC(=O)N2CCC[C@@H](C(=O)N[C@H](CC(C)C)c3ccccc3)C2)c1. The lowest BCUT2D eigenvalue weighted by Gasteiger charge is -2.33. The number of hydrogen-bond acceptors (Lipinski definition) is 2. The molecule has 2 aromatic rings. The van der Waals surface area contributed by atoms with E-state index in [4.69, 9.17) is 0 Å². The van der Waals surface area contributed by atoms with E-state index in [1.54, 1.807) is 4.90 Å². The summed E-state index contributed by atoms with van der Waals surface area (Å²) in [5.74, 6) is 0.330. The number of aryl methyl sites for hydroxylation is 1. The number of carbonyl (C=O) groups excluding carboxylic acids is 2. The molecule has 2 aromatic carbocycles. The van der Waals surface area contributed by atoms with E-state index in [1.165, 1.54) is 0 Å². The summed E-state index contributed by atoms with van der Waals surface area (Å²) in [5, 5.41) is 6.21. The van der Waals surface area contributed by atoms with Gasteiger partial charge >= 0.3 is 6.03 Å². The van der Waals surface area contributed by atoms with E-state index >= 15 is 0 Å². The van der Waals surface area contributed by atoms with Gasteiger partial charge in [-0.25, -0.2) is 4.79 Å². The van der Waals surface area contributed by atoms with Gasteiger partial charge in [-0.05, 0) is 55.4 Å². The number of nitrogens with one attached hydrogen (secondary N) is 2. The Bertz CT molecular complexity index is 850. The molecule has 0 aromatic heterocycles. The number of anilines is 1. The molecular weight excluding hydrogens is 374 g/mol. The summed E-state index contributed by atoms with van der Waals surface area (Å²) >= 11 is 0. The molecule has 2 atom stereocenters. The van der Waals surface area contributed by atoms with Crippen LogP contribution in [0.5, 0.6) is 0 Å². The summed E-state index contributed by atoms with van der Waals surface area (Å²) in [5.41, 5.74) is 3.01. The van der Waals surface area contributed by atoms with Crippen molar-refractivity contribution in [1.29, 1.82) is 0 Å². The van der Waals surface area contributed by atoms with Crippen molar-refractivity contribution in [2.24, 2.45) is 11.8 Å². The average molecular weight is 408 g/mol. The molecule has 0 spiro atoms. The zero-order valence-corrected chi connectivity index (χ0v) is 18.2. The van der Waals surface area contributed by atoms with E-state index in [9.17, 15) is 9.59 Å². The minimum atomic E-state index is -0.180. The van der Waals surface area contributed by atoms with Gasteiger partial charge < -0.3 is 15.5 Å². The first-order chi connectivity index (χ1) is 14.4. The molecule has 0 aliphatic carbocycles. The van der Waals surface area contributed by atoms with Crippen molar-refractivity contribution in [2.45, 2.75) is 46.1 Å². The normalized spacial score (nSPS) is 17.5. The fourth-order valence-electron chi connectivity index (χ4n) is 4.03. The molecule has 2 N–H and O–H groups in total. The number of carbonyl (C=O) groups is 2. The minimum absolute atomic E-state index is 0.00445. The Balaban J connectivity index is 1.62. The first kappa shape index (κ1) is 21.9. The highest BCUT2D eigenvalue weighted by Gasteiger charge is 2.30. The molecule has 160 valence electrons. The second-order valence-corrected chi connectivity index (χ2v) is 8.69. The maximum atomic E-state index is 13.1. The Labute approximate surface area is 179 Å². The molecule has 1 saturated heterocycles. The maximum absolute atomic E-state index is 13.1. The van der Waals surface area contributed by atoms with Crippen LogP contribution in [0, 0.1) is 18.8 Å². The lowest BCUT2D eigenvalue weighted by molar-refractivity contribution is -0.127. The Morgan fingerprint density at radius 3 is 2.57 bits per heavy atom. The number of piperidine rings is 1. The third kappa shape index (κ3) is 6.09. The molecule has 5 nitrogen and oxygen atoms in total. The highest BCUT2D eigenvalue weighted by molar-refractivity contribution is 5.90. The standard InChI is InChI=1S/C25H33N3O2/c1-18(2)15-23(20-10-5-4-6-11-20)27-24(29)21-12-8-14-28(17-21)25(30)26-22-13-7-9-19(3)16-22/h4-7,9-11,13,16,18,21,23H,8,12,14-15,17H2,1-3H3,(H,26,30)(H,27,29)/t21-,23-/m1/s1. The molecular formula is C25H33N3O2. The molecule has 1 aliphatic rings. The minimum Gasteiger partial charge on any atom is -0.349 e. The van der Waals surface area contributed by atoms with E-state index in [0.29, 0.717) is 19.0 Å². The van der Waals surface area contributed by atoms with Gasteiger partial charge in [-0.2, -0.15) is 0 Å². The predicted octanol–water partition coefficient (Wildman–Crippen LogP) is 5.14. The molecule has 0 unspecified atom stereocenters. The van der Waals surface area contributed by atoms with Gasteiger partial charge in [0, 0.05) is 18.8 Å². The summed E-state index contributed by atoms with van der Waals surface area (Å²) in [6, 6.07) is 17.7. The van der Waals surface area contributed by atoms with Crippen molar-refractivity contribution >= 4 is 17.6 Å². The van der Waals surface area contributed by atoms with E-state index in [0.717, 1.165) is 36.1 Å². The molecule has 0 bridgehead atoms. The molecule has 3 amide bonds. The topological polar surface area (TPSA) is 61.4 Å². The number of hydrogen-bond donors (Lipinski definition) is 2. The zero-order chi connectivity index (χ0) is 21.5. The van der Waals surface area contributed by atoms with Crippen LogP contribution in [0.4, 0.5) is 10.5 Å². The summed E-state index contributed by atoms with van der Waals surface area (Å²) in [4.78, 5) is 27.5. The van der Waals surface area contributed by atoms with Crippen LogP contribution in [-0.4, -0.2) is 29.9 Å². The summed E-state index contributed by atoms with van der Waals surface area (Å²) < 4.78 is 0. The van der Waals surface area contributed by atoms with E-state index in [2.05, 4.69) is 36.6 Å². The van der Waals surface area contributed by atoms with Crippen LogP contribution in [0.1, 0.15) is 50.3 Å². The molecule has 30 heavy (non-hydrogen) atoms. The third-order valence-electron chi connectivity index (χ3n) is 5.57. The molecule has 1 aliphatic heterocycles. The van der Waals surface area contributed by atoms with Gasteiger partial charge in [0.15, 0.2) is 0 Å². The molecule has 5 heteroatoms. The Hall–Kier alpha value is -2.82. The quantitative estimate of drug-likeness (QED) is 0.696. The smallest absolute Gasteiger partial charge is 0.321 e. The second kappa shape index (κ2) is 10.3. The van der Waals surface area contributed by atoms with Crippen LogP contribution in [0.3, 0.4) is 0 Å². The van der Waals surface area contributed by atoms with Gasteiger partial charge in [0.25, 0.3) is 0 Å². The summed E-state index contributed by atoms with van der Waals surface area (Å²) in [6.45, 7) is 7.46. The van der Waals surface area contributed by atoms with Crippen molar-refractivity contribution in [1.82, 2.24) is 10.2 Å². The van der Waals surface area contributed by atoms with Gasteiger partial charge in [-0.15, -0.1) is 0 Å². The highest BCUT2D eigenvalue weighted by atomic mass is 16.2. The van der Waals surface area contributed by atoms with Crippen LogP contribution < -0.4 is 10.6 Å².